The smallest absolute Gasteiger partial charge is 0.0186 e. The molecule has 0 aliphatic carbocycles. The third-order valence-electron chi connectivity index (χ3n) is 7.35. The van der Waals surface area contributed by atoms with Crippen molar-refractivity contribution in [3.05, 3.63) is 59.7 Å². The third kappa shape index (κ3) is 14.8. The fourth-order valence-corrected chi connectivity index (χ4v) is 6.94. The van der Waals surface area contributed by atoms with Crippen LogP contribution in [0.15, 0.2) is 58.3 Å². The summed E-state index contributed by atoms with van der Waals surface area (Å²) in [7, 11) is 3.76. The fourth-order valence-electron chi connectivity index (χ4n) is 5.01. The van der Waals surface area contributed by atoms with Crippen LogP contribution in [-0.2, 0) is 12.8 Å². The minimum absolute atomic E-state index is 0.788. The zero-order valence-electron chi connectivity index (χ0n) is 23.9. The van der Waals surface area contributed by atoms with Crippen molar-refractivity contribution in [2.75, 3.05) is 0 Å². The van der Waals surface area contributed by atoms with Gasteiger partial charge in [-0.1, -0.05) is 163 Å². The van der Waals surface area contributed by atoms with Crippen LogP contribution in [0.3, 0.4) is 0 Å². The second kappa shape index (κ2) is 20.1. The molecule has 0 N–H and O–H groups in total. The first kappa shape index (κ1) is 31.4. The molecular weight excluding hydrogens is 473 g/mol. The number of unbranched alkanes of at least 4 members (excludes halogenated alkanes) is 10. The van der Waals surface area contributed by atoms with Crippen molar-refractivity contribution in [2.45, 2.75) is 140 Å². The summed E-state index contributed by atoms with van der Waals surface area (Å²) in [4.78, 5) is 2.70. The number of hydrogen-bond donors (Lipinski definition) is 0. The summed E-state index contributed by atoms with van der Waals surface area (Å²) in [5.41, 5.74) is 2.98. The number of hydrogen-bond acceptors (Lipinski definition) is 2. The van der Waals surface area contributed by atoms with Gasteiger partial charge in [-0.3, -0.25) is 0 Å². The zero-order valence-corrected chi connectivity index (χ0v) is 25.5. The molecule has 0 aliphatic heterocycles. The normalized spacial score (nSPS) is 13.1. The summed E-state index contributed by atoms with van der Waals surface area (Å²) >= 11 is 0. The zero-order chi connectivity index (χ0) is 25.8. The average Bonchev–Trinajstić information content (AvgIpc) is 2.88. The lowest BCUT2D eigenvalue weighted by molar-refractivity contribution is 0.481. The van der Waals surface area contributed by atoms with Crippen LogP contribution < -0.4 is 0 Å². The van der Waals surface area contributed by atoms with Gasteiger partial charge >= 0.3 is 0 Å². The largest absolute Gasteiger partial charge is 0.0654 e. The van der Waals surface area contributed by atoms with Crippen molar-refractivity contribution in [2.24, 2.45) is 11.8 Å². The molecule has 0 heterocycles. The van der Waals surface area contributed by atoms with E-state index in [1.165, 1.54) is 124 Å². The average molecular weight is 527 g/mol. The SMILES string of the molecule is CCCCCCCCC(C)Cc1ccc(SSc2ccc(CC(C)CCCCCCCC)cc2)cc1. The van der Waals surface area contributed by atoms with Crippen LogP contribution in [0.4, 0.5) is 0 Å². The molecule has 0 saturated heterocycles. The van der Waals surface area contributed by atoms with E-state index in [-0.39, 0.29) is 0 Å². The van der Waals surface area contributed by atoms with E-state index in [0.717, 1.165) is 11.8 Å². The van der Waals surface area contributed by atoms with Crippen LogP contribution >= 0.6 is 21.6 Å². The van der Waals surface area contributed by atoms with E-state index in [9.17, 15) is 0 Å². The molecular formula is C34H54S2. The van der Waals surface area contributed by atoms with Gasteiger partial charge in [0.05, 0.1) is 0 Å². The Morgan fingerprint density at radius 3 is 1.17 bits per heavy atom. The lowest BCUT2D eigenvalue weighted by Gasteiger charge is -2.12. The van der Waals surface area contributed by atoms with Crippen LogP contribution in [-0.4, -0.2) is 0 Å². The maximum absolute atomic E-state index is 2.42. The van der Waals surface area contributed by atoms with Crippen molar-refractivity contribution in [3.63, 3.8) is 0 Å². The van der Waals surface area contributed by atoms with Gasteiger partial charge in [0.25, 0.3) is 0 Å². The van der Waals surface area contributed by atoms with Gasteiger partial charge in [0.15, 0.2) is 0 Å². The van der Waals surface area contributed by atoms with Crippen molar-refractivity contribution < 1.29 is 0 Å². The van der Waals surface area contributed by atoms with Gasteiger partial charge in [-0.25, -0.2) is 0 Å². The highest BCUT2D eigenvalue weighted by molar-refractivity contribution is 8.76. The Morgan fingerprint density at radius 2 is 0.806 bits per heavy atom. The lowest BCUT2D eigenvalue weighted by Crippen LogP contribution is -2.00. The quantitative estimate of drug-likeness (QED) is 0.117. The van der Waals surface area contributed by atoms with Crippen molar-refractivity contribution in [3.8, 4) is 0 Å². The fraction of sp³-hybridized carbons (Fsp3) is 0.647. The van der Waals surface area contributed by atoms with Crippen LogP contribution in [0.5, 0.6) is 0 Å². The molecule has 0 amide bonds. The van der Waals surface area contributed by atoms with Crippen molar-refractivity contribution >= 4 is 21.6 Å². The third-order valence-corrected chi connectivity index (χ3v) is 9.77. The molecule has 2 rings (SSSR count). The van der Waals surface area contributed by atoms with Gasteiger partial charge in [-0.2, -0.15) is 0 Å². The highest BCUT2D eigenvalue weighted by Gasteiger charge is 2.07. The van der Waals surface area contributed by atoms with Gasteiger partial charge in [-0.05, 0) is 60.1 Å². The topological polar surface area (TPSA) is 0 Å². The summed E-state index contributed by atoms with van der Waals surface area (Å²) < 4.78 is 0. The Hall–Kier alpha value is -0.860. The number of rotatable bonds is 21. The Balaban J connectivity index is 1.63. The number of benzene rings is 2. The molecule has 0 radical (unpaired) electrons. The van der Waals surface area contributed by atoms with E-state index in [2.05, 4.69) is 76.2 Å². The van der Waals surface area contributed by atoms with Gasteiger partial charge < -0.3 is 0 Å². The molecule has 2 unspecified atom stereocenters. The molecule has 0 fully saturated rings. The van der Waals surface area contributed by atoms with E-state index in [0.29, 0.717) is 0 Å². The van der Waals surface area contributed by atoms with Crippen molar-refractivity contribution in [1.29, 1.82) is 0 Å². The van der Waals surface area contributed by atoms with Crippen molar-refractivity contribution in [1.82, 2.24) is 0 Å². The van der Waals surface area contributed by atoms with Gasteiger partial charge in [0, 0.05) is 9.79 Å². The maximum Gasteiger partial charge on any atom is 0.0186 e. The molecule has 0 saturated carbocycles. The molecule has 2 atom stereocenters. The van der Waals surface area contributed by atoms with E-state index >= 15 is 0 Å². The molecule has 0 bridgehead atoms. The minimum Gasteiger partial charge on any atom is -0.0654 e. The van der Waals surface area contributed by atoms with Crippen LogP contribution in [0.25, 0.3) is 0 Å². The molecule has 2 aromatic rings. The summed E-state index contributed by atoms with van der Waals surface area (Å²) in [6, 6.07) is 18.6. The first-order valence-electron chi connectivity index (χ1n) is 15.1. The van der Waals surface area contributed by atoms with Gasteiger partial charge in [-0.15, -0.1) is 0 Å². The molecule has 2 heteroatoms. The summed E-state index contributed by atoms with van der Waals surface area (Å²) in [5, 5.41) is 0. The molecule has 2 aromatic carbocycles. The molecule has 36 heavy (non-hydrogen) atoms. The Kier molecular flexibility index (Phi) is 17.5. The van der Waals surface area contributed by atoms with Crippen LogP contribution in [0.2, 0.25) is 0 Å². The van der Waals surface area contributed by atoms with E-state index in [4.69, 9.17) is 0 Å². The van der Waals surface area contributed by atoms with E-state index in [1.807, 2.05) is 21.6 Å². The lowest BCUT2D eigenvalue weighted by atomic mass is 9.95. The summed E-state index contributed by atoms with van der Waals surface area (Å²) in [6.45, 7) is 9.43. The molecule has 202 valence electrons. The van der Waals surface area contributed by atoms with E-state index in [1.54, 1.807) is 0 Å². The van der Waals surface area contributed by atoms with Gasteiger partial charge in [0.2, 0.25) is 0 Å². The molecule has 0 aromatic heterocycles. The first-order chi connectivity index (χ1) is 17.6. The highest BCUT2D eigenvalue weighted by atomic mass is 33.1. The second-order valence-corrected chi connectivity index (χ2v) is 13.5. The van der Waals surface area contributed by atoms with Gasteiger partial charge in [0.1, 0.15) is 0 Å². The standard InChI is InChI=1S/C34H54S2/c1-5-7-9-11-13-15-17-29(3)27-31-19-23-33(24-20-31)35-36-34-25-21-32(22-26-34)28-30(4)18-16-14-12-10-8-6-2/h19-26,29-30H,5-18,27-28H2,1-4H3. The molecule has 0 spiro atoms. The molecule has 0 nitrogen and oxygen atoms in total. The second-order valence-electron chi connectivity index (χ2n) is 11.2. The van der Waals surface area contributed by atoms with E-state index < -0.39 is 0 Å². The Labute approximate surface area is 232 Å². The predicted molar refractivity (Wildman–Crippen MR) is 166 cm³/mol. The maximum atomic E-state index is 2.42. The summed E-state index contributed by atoms with van der Waals surface area (Å²) in [5.74, 6) is 1.58. The summed E-state index contributed by atoms with van der Waals surface area (Å²) in [6.07, 6.45) is 22.0. The first-order valence-corrected chi connectivity index (χ1v) is 17.3. The predicted octanol–water partition coefficient (Wildman–Crippen LogP) is 12.3. The Morgan fingerprint density at radius 1 is 0.472 bits per heavy atom. The molecule has 0 aliphatic rings. The van der Waals surface area contributed by atoms with Crippen LogP contribution in [0, 0.1) is 11.8 Å². The highest BCUT2D eigenvalue weighted by Crippen LogP contribution is 2.37. The monoisotopic (exact) mass is 526 g/mol. The van der Waals surface area contributed by atoms with Crippen LogP contribution in [0.1, 0.15) is 129 Å². The minimum atomic E-state index is 0.788. The Bertz CT molecular complexity index is 697.